The number of carbonyl (C=O) groups is 2. The number of aliphatic hydroxyl groups excluding tert-OH is 1. The predicted octanol–water partition coefficient (Wildman–Crippen LogP) is 5.97. The molecule has 8 nitrogen and oxygen atoms in total. The maximum atomic E-state index is 11.9. The smallest absolute Gasteiger partial charge is 0.361 e. The van der Waals surface area contributed by atoms with E-state index in [4.69, 9.17) is 14.2 Å². The first-order valence-electron chi connectivity index (χ1n) is 14.9. The van der Waals surface area contributed by atoms with Gasteiger partial charge in [-0.2, -0.15) is 0 Å². The van der Waals surface area contributed by atoms with Crippen LogP contribution in [0.5, 0.6) is 0 Å². The number of rotatable bonds is 26. The number of hydrogen-bond donors (Lipinski definition) is 2. The van der Waals surface area contributed by atoms with Gasteiger partial charge < -0.3 is 28.9 Å². The monoisotopic (exact) mass is 566 g/mol. The van der Waals surface area contributed by atoms with Crippen molar-refractivity contribution < 1.29 is 38.5 Å². The summed E-state index contributed by atoms with van der Waals surface area (Å²) in [5, 5.41) is 19.1. The highest BCUT2D eigenvalue weighted by Gasteiger charge is 2.22. The third-order valence-corrected chi connectivity index (χ3v) is 5.83. The van der Waals surface area contributed by atoms with Gasteiger partial charge in [-0.3, -0.25) is 4.79 Å². The number of carboxylic acids is 1. The fraction of sp³-hybridized carbons (Fsp3) is 0.688. The Labute approximate surface area is 243 Å². The molecule has 0 amide bonds. The van der Waals surface area contributed by atoms with Gasteiger partial charge in [-0.25, -0.2) is 4.79 Å². The second-order valence-corrected chi connectivity index (χ2v) is 10.9. The van der Waals surface area contributed by atoms with Crippen molar-refractivity contribution in [2.75, 3.05) is 47.5 Å². The van der Waals surface area contributed by atoms with Gasteiger partial charge in [0.1, 0.15) is 19.3 Å². The lowest BCUT2D eigenvalue weighted by atomic mass is 10.1. The molecule has 0 rings (SSSR count). The third kappa shape index (κ3) is 27.3. The SMILES string of the molecule is CC/C=C\C/C=C\C/C=C\C/C=C\CCCCCCCCC(=O)OCC(O)COC(OCC[N+](C)(C)C)C(=O)O. The summed E-state index contributed by atoms with van der Waals surface area (Å²) in [6.45, 7) is 2.43. The summed E-state index contributed by atoms with van der Waals surface area (Å²) in [6, 6.07) is 0. The Bertz CT molecular complexity index is 753. The second kappa shape index (κ2) is 25.7. The van der Waals surface area contributed by atoms with Gasteiger partial charge in [-0.15, -0.1) is 0 Å². The van der Waals surface area contributed by atoms with Gasteiger partial charge in [0.15, 0.2) is 0 Å². The molecule has 0 saturated heterocycles. The average Bonchev–Trinajstić information content (AvgIpc) is 2.89. The van der Waals surface area contributed by atoms with Gasteiger partial charge >= 0.3 is 11.9 Å². The Morgan fingerprint density at radius 3 is 1.88 bits per heavy atom. The van der Waals surface area contributed by atoms with Gasteiger partial charge in [-0.1, -0.05) is 81.2 Å². The van der Waals surface area contributed by atoms with Gasteiger partial charge in [0.25, 0.3) is 6.29 Å². The highest BCUT2D eigenvalue weighted by molar-refractivity contribution is 5.70. The molecule has 0 aromatic heterocycles. The molecule has 2 N–H and O–H groups in total. The third-order valence-electron chi connectivity index (χ3n) is 5.83. The molecule has 2 unspecified atom stereocenters. The second-order valence-electron chi connectivity index (χ2n) is 10.9. The molecule has 8 heteroatoms. The summed E-state index contributed by atoms with van der Waals surface area (Å²) in [4.78, 5) is 23.1. The summed E-state index contributed by atoms with van der Waals surface area (Å²) in [5.41, 5.74) is 0. The topological polar surface area (TPSA) is 102 Å². The number of ether oxygens (including phenoxy) is 3. The van der Waals surface area contributed by atoms with E-state index in [-0.39, 0.29) is 25.8 Å². The van der Waals surface area contributed by atoms with Gasteiger partial charge in [0, 0.05) is 6.42 Å². The van der Waals surface area contributed by atoms with E-state index >= 15 is 0 Å². The van der Waals surface area contributed by atoms with Gasteiger partial charge in [-0.05, 0) is 44.9 Å². The zero-order valence-electron chi connectivity index (χ0n) is 25.5. The molecule has 2 atom stereocenters. The first kappa shape index (κ1) is 37.7. The standard InChI is InChI=1S/C32H55NO7/c1-5-6-7-8-9-10-11-12-13-14-15-16-17-18-19-20-21-22-23-24-30(35)39-27-29(34)28-40-32(31(36)37)38-26-25-33(2,3)4/h6-7,9-10,12-13,15-16,29,32,34H,5,8,11,14,17-28H2,1-4H3/p+1/b7-6-,10-9-,13-12-,16-15-. The molecular formula is C32H56NO7+. The van der Waals surface area contributed by atoms with Crippen LogP contribution in [0.15, 0.2) is 48.6 Å². The highest BCUT2D eigenvalue weighted by Crippen LogP contribution is 2.10. The van der Waals surface area contributed by atoms with Crippen LogP contribution in [-0.4, -0.2) is 86.5 Å². The van der Waals surface area contributed by atoms with Crippen LogP contribution in [0.1, 0.15) is 84.0 Å². The Morgan fingerprint density at radius 1 is 0.750 bits per heavy atom. The number of esters is 1. The molecule has 0 aliphatic carbocycles. The molecule has 40 heavy (non-hydrogen) atoms. The van der Waals surface area contributed by atoms with Crippen LogP contribution in [0, 0.1) is 0 Å². The fourth-order valence-corrected chi connectivity index (χ4v) is 3.47. The van der Waals surface area contributed by atoms with Crippen LogP contribution < -0.4 is 0 Å². The van der Waals surface area contributed by atoms with Crippen molar-refractivity contribution in [1.29, 1.82) is 0 Å². The number of carbonyl (C=O) groups excluding carboxylic acids is 1. The number of quaternary nitrogens is 1. The summed E-state index contributed by atoms with van der Waals surface area (Å²) < 4.78 is 16.1. The molecule has 0 radical (unpaired) electrons. The Kier molecular flexibility index (Phi) is 24.2. The number of unbranched alkanes of at least 4 members (excludes halogenated alkanes) is 6. The number of likely N-dealkylation sites (N-methyl/N-ethyl adjacent to an activating group) is 1. The van der Waals surface area contributed by atoms with E-state index in [1.54, 1.807) is 0 Å². The van der Waals surface area contributed by atoms with Crippen LogP contribution >= 0.6 is 0 Å². The van der Waals surface area contributed by atoms with Crippen LogP contribution in [-0.2, 0) is 23.8 Å². The summed E-state index contributed by atoms with van der Waals surface area (Å²) >= 11 is 0. The van der Waals surface area contributed by atoms with Crippen LogP contribution in [0.4, 0.5) is 0 Å². The van der Waals surface area contributed by atoms with Crippen molar-refractivity contribution in [3.05, 3.63) is 48.6 Å². The average molecular weight is 567 g/mol. The first-order valence-corrected chi connectivity index (χ1v) is 14.9. The minimum absolute atomic E-state index is 0.205. The van der Waals surface area contributed by atoms with Gasteiger partial charge in [0.2, 0.25) is 0 Å². The highest BCUT2D eigenvalue weighted by atomic mass is 16.7. The van der Waals surface area contributed by atoms with Crippen molar-refractivity contribution in [3.8, 4) is 0 Å². The Balaban J connectivity index is 3.68. The Morgan fingerprint density at radius 2 is 1.30 bits per heavy atom. The van der Waals surface area contributed by atoms with Crippen molar-refractivity contribution in [2.24, 2.45) is 0 Å². The summed E-state index contributed by atoms with van der Waals surface area (Å²) in [7, 11) is 5.90. The molecule has 0 aromatic rings. The molecule has 0 fully saturated rings. The van der Waals surface area contributed by atoms with E-state index in [0.29, 0.717) is 17.4 Å². The maximum Gasteiger partial charge on any atom is 0.361 e. The van der Waals surface area contributed by atoms with E-state index in [0.717, 1.165) is 57.8 Å². The maximum absolute atomic E-state index is 11.9. The lowest BCUT2D eigenvalue weighted by Crippen LogP contribution is -2.40. The Hall–Kier alpha value is -2.26. The summed E-state index contributed by atoms with van der Waals surface area (Å²) in [5.74, 6) is -1.63. The van der Waals surface area contributed by atoms with E-state index in [2.05, 4.69) is 55.5 Å². The zero-order valence-corrected chi connectivity index (χ0v) is 25.5. The lowest BCUT2D eigenvalue weighted by Gasteiger charge is -2.24. The van der Waals surface area contributed by atoms with Crippen LogP contribution in [0.25, 0.3) is 0 Å². The van der Waals surface area contributed by atoms with Crippen molar-refractivity contribution in [2.45, 2.75) is 96.4 Å². The molecule has 0 saturated carbocycles. The number of hydrogen-bond acceptors (Lipinski definition) is 6. The van der Waals surface area contributed by atoms with E-state index in [9.17, 15) is 19.8 Å². The molecular weight excluding hydrogens is 510 g/mol. The normalized spacial score (nSPS) is 14.1. The predicted molar refractivity (Wildman–Crippen MR) is 161 cm³/mol. The minimum Gasteiger partial charge on any atom is -0.477 e. The van der Waals surface area contributed by atoms with E-state index in [1.807, 2.05) is 21.1 Å². The van der Waals surface area contributed by atoms with Crippen molar-refractivity contribution in [3.63, 3.8) is 0 Å². The number of aliphatic hydroxyl groups is 1. The minimum atomic E-state index is -1.47. The number of allylic oxidation sites excluding steroid dienone is 8. The zero-order chi connectivity index (χ0) is 29.9. The van der Waals surface area contributed by atoms with Crippen molar-refractivity contribution >= 4 is 11.9 Å². The molecule has 230 valence electrons. The molecule has 0 bridgehead atoms. The number of carboxylic acid groups (broad SMARTS) is 1. The quantitative estimate of drug-likeness (QED) is 0.0437. The van der Waals surface area contributed by atoms with Crippen LogP contribution in [0.2, 0.25) is 0 Å². The first-order chi connectivity index (χ1) is 19.2. The van der Waals surface area contributed by atoms with Crippen molar-refractivity contribution in [1.82, 2.24) is 0 Å². The largest absolute Gasteiger partial charge is 0.477 e. The summed E-state index contributed by atoms with van der Waals surface area (Å²) in [6.07, 6.45) is 26.9. The number of nitrogens with zero attached hydrogens (tertiary/aromatic N) is 1. The van der Waals surface area contributed by atoms with Crippen LogP contribution in [0.3, 0.4) is 0 Å². The van der Waals surface area contributed by atoms with Gasteiger partial charge in [0.05, 0.1) is 34.4 Å². The fourth-order valence-electron chi connectivity index (χ4n) is 3.47. The molecule has 0 aliphatic heterocycles. The molecule has 0 aliphatic rings. The molecule has 0 heterocycles. The molecule has 0 aromatic carbocycles. The van der Waals surface area contributed by atoms with E-state index < -0.39 is 18.4 Å². The molecule has 0 spiro atoms. The van der Waals surface area contributed by atoms with E-state index in [1.165, 1.54) is 12.8 Å². The number of aliphatic carboxylic acids is 1. The lowest BCUT2D eigenvalue weighted by molar-refractivity contribution is -0.870.